The van der Waals surface area contributed by atoms with Gasteiger partial charge < -0.3 is 20.4 Å². The maximum absolute atomic E-state index is 13.0. The van der Waals surface area contributed by atoms with Crippen LogP contribution in [0, 0.1) is 6.92 Å². The Morgan fingerprint density at radius 2 is 1.46 bits per heavy atom. The summed E-state index contributed by atoms with van der Waals surface area (Å²) >= 11 is 1.36. The molecule has 0 bridgehead atoms. The van der Waals surface area contributed by atoms with Crippen molar-refractivity contribution in [2.24, 2.45) is 0 Å². The number of carbonyl (C=O) groups excluding carboxylic acids is 2. The van der Waals surface area contributed by atoms with E-state index in [0.29, 0.717) is 5.56 Å². The van der Waals surface area contributed by atoms with Crippen molar-refractivity contribution in [1.82, 2.24) is 4.90 Å². The van der Waals surface area contributed by atoms with Crippen LogP contribution in [0.4, 0.5) is 17.1 Å². The van der Waals surface area contributed by atoms with Crippen LogP contribution in [-0.2, 0) is 4.79 Å². The smallest absolute Gasteiger partial charge is 0.256 e. The number of thioether (sulfide) groups is 1. The Kier molecular flexibility index (Phi) is 8.45. The molecule has 0 saturated carbocycles. The Labute approximate surface area is 211 Å². The van der Waals surface area contributed by atoms with Gasteiger partial charge in [0.2, 0.25) is 5.91 Å². The van der Waals surface area contributed by atoms with Crippen molar-refractivity contribution >= 4 is 40.6 Å². The number of rotatable bonds is 8. The van der Waals surface area contributed by atoms with E-state index >= 15 is 0 Å². The van der Waals surface area contributed by atoms with Gasteiger partial charge in [-0.2, -0.15) is 0 Å². The maximum atomic E-state index is 13.0. The minimum absolute atomic E-state index is 0.107. The fourth-order valence-corrected chi connectivity index (χ4v) is 4.88. The van der Waals surface area contributed by atoms with Gasteiger partial charge in [-0.15, -0.1) is 11.8 Å². The van der Waals surface area contributed by atoms with Crippen LogP contribution >= 0.6 is 11.8 Å². The lowest BCUT2D eigenvalue weighted by Crippen LogP contribution is -2.46. The van der Waals surface area contributed by atoms with Crippen LogP contribution in [0.15, 0.2) is 77.7 Å². The number of nitrogens with one attached hydrogen (secondary N) is 2. The van der Waals surface area contributed by atoms with Crippen molar-refractivity contribution in [3.05, 3.63) is 83.9 Å². The normalized spacial score (nSPS) is 13.9. The van der Waals surface area contributed by atoms with Crippen molar-refractivity contribution in [2.45, 2.75) is 18.7 Å². The molecule has 0 spiro atoms. The second-order valence-corrected chi connectivity index (χ2v) is 9.64. The number of aryl methyl sites for hydroxylation is 1. The molecule has 4 rings (SSSR count). The third kappa shape index (κ3) is 6.87. The van der Waals surface area contributed by atoms with Crippen molar-refractivity contribution in [3.8, 4) is 0 Å². The Morgan fingerprint density at radius 3 is 2.14 bits per heavy atom. The predicted octanol–water partition coefficient (Wildman–Crippen LogP) is 5.12. The standard InChI is InChI=1S/C28H32N4O2S/c1-3-31-16-18-32(19-17-31)24-14-12-23(13-15-24)30-28(34)25-6-4-5-7-26(25)35-20-27(33)29-22-10-8-21(2)9-11-22/h4-15H,3,16-20H2,1-2H3,(H,29,33)(H,30,34). The Morgan fingerprint density at radius 1 is 0.829 bits per heavy atom. The molecule has 182 valence electrons. The van der Waals surface area contributed by atoms with Crippen LogP contribution in [-0.4, -0.2) is 55.2 Å². The maximum Gasteiger partial charge on any atom is 0.256 e. The molecule has 6 nitrogen and oxygen atoms in total. The van der Waals surface area contributed by atoms with Crippen molar-refractivity contribution in [1.29, 1.82) is 0 Å². The van der Waals surface area contributed by atoms with E-state index < -0.39 is 0 Å². The highest BCUT2D eigenvalue weighted by Gasteiger charge is 2.17. The molecule has 1 aliphatic rings. The molecule has 7 heteroatoms. The van der Waals surface area contributed by atoms with Gasteiger partial charge in [-0.05, 0) is 62.0 Å². The SMILES string of the molecule is CCN1CCN(c2ccc(NC(=O)c3ccccc3SCC(=O)Nc3ccc(C)cc3)cc2)CC1. The summed E-state index contributed by atoms with van der Waals surface area (Å²) in [7, 11) is 0. The van der Waals surface area contributed by atoms with Crippen LogP contribution < -0.4 is 15.5 Å². The van der Waals surface area contributed by atoms with E-state index in [9.17, 15) is 9.59 Å². The van der Waals surface area contributed by atoms with Gasteiger partial charge in [0.25, 0.3) is 5.91 Å². The molecule has 2 amide bonds. The number of benzene rings is 3. The summed E-state index contributed by atoms with van der Waals surface area (Å²) < 4.78 is 0. The van der Waals surface area contributed by atoms with Crippen molar-refractivity contribution < 1.29 is 9.59 Å². The monoisotopic (exact) mass is 488 g/mol. The molecule has 0 aliphatic carbocycles. The minimum Gasteiger partial charge on any atom is -0.369 e. The lowest BCUT2D eigenvalue weighted by Gasteiger charge is -2.35. The first kappa shape index (κ1) is 24.8. The van der Waals surface area contributed by atoms with E-state index in [1.165, 1.54) is 17.4 Å². The summed E-state index contributed by atoms with van der Waals surface area (Å²) in [5.41, 5.74) is 4.39. The van der Waals surface area contributed by atoms with E-state index in [-0.39, 0.29) is 17.6 Å². The number of amides is 2. The summed E-state index contributed by atoms with van der Waals surface area (Å²) in [6.45, 7) is 9.48. The van der Waals surface area contributed by atoms with Gasteiger partial charge in [0.05, 0.1) is 11.3 Å². The van der Waals surface area contributed by atoms with E-state index in [4.69, 9.17) is 0 Å². The lowest BCUT2D eigenvalue weighted by atomic mass is 10.2. The van der Waals surface area contributed by atoms with E-state index in [0.717, 1.165) is 54.6 Å². The third-order valence-electron chi connectivity index (χ3n) is 6.14. The molecule has 3 aromatic rings. The number of anilines is 3. The Bertz CT molecular complexity index is 1140. The van der Waals surface area contributed by atoms with Crippen molar-refractivity contribution in [2.75, 3.05) is 54.0 Å². The molecule has 0 unspecified atom stereocenters. The predicted molar refractivity (Wildman–Crippen MR) is 146 cm³/mol. The van der Waals surface area contributed by atoms with Crippen molar-refractivity contribution in [3.63, 3.8) is 0 Å². The number of hydrogen-bond donors (Lipinski definition) is 2. The van der Waals surface area contributed by atoms with E-state index in [2.05, 4.69) is 39.5 Å². The summed E-state index contributed by atoms with van der Waals surface area (Å²) in [6.07, 6.45) is 0. The largest absolute Gasteiger partial charge is 0.369 e. The molecular formula is C28H32N4O2S. The fourth-order valence-electron chi connectivity index (χ4n) is 4.03. The molecule has 1 aliphatic heterocycles. The van der Waals surface area contributed by atoms with Crippen LogP contribution in [0.5, 0.6) is 0 Å². The minimum atomic E-state index is -0.184. The average molecular weight is 489 g/mol. The molecule has 35 heavy (non-hydrogen) atoms. The molecule has 1 fully saturated rings. The highest BCUT2D eigenvalue weighted by molar-refractivity contribution is 8.00. The highest BCUT2D eigenvalue weighted by Crippen LogP contribution is 2.25. The Balaban J connectivity index is 1.33. The van der Waals surface area contributed by atoms with Gasteiger partial charge in [-0.1, -0.05) is 36.8 Å². The molecule has 0 radical (unpaired) electrons. The Hall–Kier alpha value is -3.29. The molecule has 0 atom stereocenters. The van der Waals surface area contributed by atoms with Crippen LogP contribution in [0.1, 0.15) is 22.8 Å². The first-order chi connectivity index (χ1) is 17.0. The fraction of sp³-hybridized carbons (Fsp3) is 0.286. The molecule has 3 aromatic carbocycles. The molecule has 0 aromatic heterocycles. The summed E-state index contributed by atoms with van der Waals surface area (Å²) in [4.78, 5) is 31.0. The topological polar surface area (TPSA) is 64.7 Å². The number of hydrogen-bond acceptors (Lipinski definition) is 5. The second-order valence-electron chi connectivity index (χ2n) is 8.62. The zero-order valence-electron chi connectivity index (χ0n) is 20.3. The second kappa shape index (κ2) is 11.9. The van der Waals surface area contributed by atoms with E-state index in [1.54, 1.807) is 6.07 Å². The number of likely N-dealkylation sites (N-methyl/N-ethyl adjacent to an activating group) is 1. The molecule has 1 saturated heterocycles. The zero-order chi connectivity index (χ0) is 24.6. The first-order valence-corrected chi connectivity index (χ1v) is 13.0. The molecular weight excluding hydrogens is 456 g/mol. The average Bonchev–Trinajstić information content (AvgIpc) is 2.89. The number of piperazine rings is 1. The number of nitrogens with zero attached hydrogens (tertiary/aromatic N) is 2. The quantitative estimate of drug-likeness (QED) is 0.431. The summed E-state index contributed by atoms with van der Waals surface area (Å²) in [6, 6.07) is 23.1. The molecule has 1 heterocycles. The van der Waals surface area contributed by atoms with Gasteiger partial charge in [-0.3, -0.25) is 9.59 Å². The lowest BCUT2D eigenvalue weighted by molar-refractivity contribution is -0.113. The van der Waals surface area contributed by atoms with Gasteiger partial charge in [0, 0.05) is 48.1 Å². The van der Waals surface area contributed by atoms with Gasteiger partial charge in [0.15, 0.2) is 0 Å². The zero-order valence-corrected chi connectivity index (χ0v) is 21.1. The van der Waals surface area contributed by atoms with Gasteiger partial charge in [0.1, 0.15) is 0 Å². The van der Waals surface area contributed by atoms with Gasteiger partial charge in [-0.25, -0.2) is 0 Å². The molecule has 2 N–H and O–H groups in total. The van der Waals surface area contributed by atoms with Crippen LogP contribution in [0.25, 0.3) is 0 Å². The van der Waals surface area contributed by atoms with Gasteiger partial charge >= 0.3 is 0 Å². The highest BCUT2D eigenvalue weighted by atomic mass is 32.2. The van der Waals surface area contributed by atoms with E-state index in [1.807, 2.05) is 61.5 Å². The van der Waals surface area contributed by atoms with Crippen LogP contribution in [0.2, 0.25) is 0 Å². The third-order valence-corrected chi connectivity index (χ3v) is 7.21. The number of carbonyl (C=O) groups is 2. The summed E-state index contributed by atoms with van der Waals surface area (Å²) in [5, 5.41) is 5.90. The summed E-state index contributed by atoms with van der Waals surface area (Å²) in [5.74, 6) is -0.0705. The first-order valence-electron chi connectivity index (χ1n) is 12.0. The van der Waals surface area contributed by atoms with Crippen LogP contribution in [0.3, 0.4) is 0 Å².